The first-order chi connectivity index (χ1) is 13.3. The van der Waals surface area contributed by atoms with Crippen LogP contribution in [0, 0.1) is 6.92 Å². The fraction of sp³-hybridized carbons (Fsp3) is 0.0500. The Labute approximate surface area is 171 Å². The van der Waals surface area contributed by atoms with Gasteiger partial charge in [-0.2, -0.15) is 0 Å². The number of aromatic carboxylic acids is 1. The van der Waals surface area contributed by atoms with Gasteiger partial charge < -0.3 is 14.8 Å². The maximum Gasteiger partial charge on any atom is 0.371 e. The fourth-order valence-electron chi connectivity index (χ4n) is 2.51. The Morgan fingerprint density at radius 2 is 1.89 bits per heavy atom. The van der Waals surface area contributed by atoms with Crippen LogP contribution in [0.4, 0.5) is 5.69 Å². The van der Waals surface area contributed by atoms with Crippen molar-refractivity contribution in [1.29, 1.82) is 0 Å². The van der Waals surface area contributed by atoms with Crippen molar-refractivity contribution in [2.75, 3.05) is 5.32 Å². The molecule has 0 aliphatic heterocycles. The van der Waals surface area contributed by atoms with Crippen molar-refractivity contribution in [2.45, 2.75) is 6.92 Å². The SMILES string of the molecule is Cc1cccc(C(=O)NC(=S)Nc2ccc(-c3ccc(C(=O)O)o3)c(Cl)c2)c1. The molecule has 0 unspecified atom stereocenters. The summed E-state index contributed by atoms with van der Waals surface area (Å²) in [7, 11) is 0. The van der Waals surface area contributed by atoms with Gasteiger partial charge in [0.15, 0.2) is 5.11 Å². The lowest BCUT2D eigenvalue weighted by Gasteiger charge is -2.11. The second kappa shape index (κ2) is 8.24. The monoisotopic (exact) mass is 414 g/mol. The van der Waals surface area contributed by atoms with Crippen LogP contribution in [0.2, 0.25) is 5.02 Å². The third-order valence-corrected chi connectivity index (χ3v) is 4.33. The molecule has 1 amide bonds. The number of amides is 1. The number of benzene rings is 2. The molecule has 1 aromatic heterocycles. The summed E-state index contributed by atoms with van der Waals surface area (Å²) in [5, 5.41) is 14.9. The van der Waals surface area contributed by atoms with Crippen LogP contribution in [0.15, 0.2) is 59.0 Å². The van der Waals surface area contributed by atoms with E-state index >= 15 is 0 Å². The Morgan fingerprint density at radius 3 is 2.54 bits per heavy atom. The molecule has 0 radical (unpaired) electrons. The van der Waals surface area contributed by atoms with Gasteiger partial charge in [-0.05, 0) is 61.6 Å². The topological polar surface area (TPSA) is 91.6 Å². The maximum atomic E-state index is 12.2. The molecule has 3 N–H and O–H groups in total. The smallest absolute Gasteiger partial charge is 0.371 e. The standard InChI is InChI=1S/C20H15ClN2O4S/c1-11-3-2-4-12(9-11)18(24)23-20(28)22-13-5-6-14(15(21)10-13)16-7-8-17(27-16)19(25)26/h2-10H,1H3,(H,25,26)(H2,22,23,24,28). The highest BCUT2D eigenvalue weighted by Crippen LogP contribution is 2.31. The number of anilines is 1. The van der Waals surface area contributed by atoms with Crippen molar-refractivity contribution >= 4 is 46.5 Å². The van der Waals surface area contributed by atoms with E-state index in [-0.39, 0.29) is 16.8 Å². The number of carboxylic acids is 1. The molecule has 0 fully saturated rings. The van der Waals surface area contributed by atoms with Crippen LogP contribution in [-0.2, 0) is 0 Å². The number of carboxylic acid groups (broad SMARTS) is 1. The molecule has 142 valence electrons. The van der Waals surface area contributed by atoms with Crippen molar-refractivity contribution < 1.29 is 19.1 Å². The van der Waals surface area contributed by atoms with Crippen molar-refractivity contribution in [1.82, 2.24) is 5.32 Å². The number of hydrogen-bond acceptors (Lipinski definition) is 4. The summed E-state index contributed by atoms with van der Waals surface area (Å²) in [6, 6.07) is 15.0. The number of halogens is 1. The predicted molar refractivity (Wildman–Crippen MR) is 111 cm³/mol. The third-order valence-electron chi connectivity index (χ3n) is 3.82. The second-order valence-electron chi connectivity index (χ2n) is 5.94. The molecule has 0 spiro atoms. The molecule has 0 bridgehead atoms. The number of rotatable bonds is 4. The zero-order chi connectivity index (χ0) is 20.3. The lowest BCUT2D eigenvalue weighted by Crippen LogP contribution is -2.34. The molecule has 3 rings (SSSR count). The van der Waals surface area contributed by atoms with E-state index in [1.54, 1.807) is 36.4 Å². The first-order valence-corrected chi connectivity index (χ1v) is 8.94. The highest BCUT2D eigenvalue weighted by atomic mass is 35.5. The normalized spacial score (nSPS) is 10.4. The Hall–Kier alpha value is -3.16. The number of thiocarbonyl (C=S) groups is 1. The Balaban J connectivity index is 1.69. The van der Waals surface area contributed by atoms with Gasteiger partial charge in [0.2, 0.25) is 5.76 Å². The molecular weight excluding hydrogens is 400 g/mol. The van der Waals surface area contributed by atoms with E-state index in [1.165, 1.54) is 12.1 Å². The van der Waals surface area contributed by atoms with Gasteiger partial charge in [-0.15, -0.1) is 0 Å². The fourth-order valence-corrected chi connectivity index (χ4v) is 3.00. The molecule has 3 aromatic rings. The number of hydrogen-bond donors (Lipinski definition) is 3. The minimum absolute atomic E-state index is 0.126. The van der Waals surface area contributed by atoms with E-state index < -0.39 is 5.97 Å². The zero-order valence-corrected chi connectivity index (χ0v) is 16.2. The van der Waals surface area contributed by atoms with E-state index in [2.05, 4.69) is 10.6 Å². The van der Waals surface area contributed by atoms with Crippen molar-refractivity contribution in [3.63, 3.8) is 0 Å². The second-order valence-corrected chi connectivity index (χ2v) is 6.76. The highest BCUT2D eigenvalue weighted by Gasteiger charge is 2.14. The molecule has 0 aliphatic rings. The van der Waals surface area contributed by atoms with E-state index in [1.807, 2.05) is 13.0 Å². The highest BCUT2D eigenvalue weighted by molar-refractivity contribution is 7.80. The Kier molecular flexibility index (Phi) is 5.77. The lowest BCUT2D eigenvalue weighted by atomic mass is 10.1. The Bertz CT molecular complexity index is 1080. The van der Waals surface area contributed by atoms with Crippen LogP contribution >= 0.6 is 23.8 Å². The van der Waals surface area contributed by atoms with Gasteiger partial charge in [-0.1, -0.05) is 29.3 Å². The first-order valence-electron chi connectivity index (χ1n) is 8.15. The number of carbonyl (C=O) groups excluding carboxylic acids is 1. The molecular formula is C20H15ClN2O4S. The zero-order valence-electron chi connectivity index (χ0n) is 14.7. The summed E-state index contributed by atoms with van der Waals surface area (Å²) in [5.41, 5.74) is 2.57. The van der Waals surface area contributed by atoms with Gasteiger partial charge in [0, 0.05) is 16.8 Å². The first kappa shape index (κ1) is 19.6. The number of nitrogens with one attached hydrogen (secondary N) is 2. The van der Waals surface area contributed by atoms with Gasteiger partial charge in [0.1, 0.15) is 5.76 Å². The number of furan rings is 1. The van der Waals surface area contributed by atoms with Gasteiger partial charge >= 0.3 is 5.97 Å². The quantitative estimate of drug-likeness (QED) is 0.534. The molecule has 0 aliphatic carbocycles. The number of carbonyl (C=O) groups is 2. The van der Waals surface area contributed by atoms with E-state index in [0.29, 0.717) is 27.6 Å². The molecule has 28 heavy (non-hydrogen) atoms. The average molecular weight is 415 g/mol. The largest absolute Gasteiger partial charge is 0.475 e. The van der Waals surface area contributed by atoms with Crippen LogP contribution in [0.1, 0.15) is 26.5 Å². The number of aryl methyl sites for hydroxylation is 1. The molecule has 0 saturated carbocycles. The molecule has 8 heteroatoms. The molecule has 0 saturated heterocycles. The van der Waals surface area contributed by atoms with Crippen molar-refractivity contribution in [2.24, 2.45) is 0 Å². The van der Waals surface area contributed by atoms with Gasteiger partial charge in [-0.3, -0.25) is 10.1 Å². The van der Waals surface area contributed by atoms with Gasteiger partial charge in [0.25, 0.3) is 5.91 Å². The summed E-state index contributed by atoms with van der Waals surface area (Å²) < 4.78 is 5.26. The molecule has 6 nitrogen and oxygen atoms in total. The molecule has 2 aromatic carbocycles. The summed E-state index contributed by atoms with van der Waals surface area (Å²) in [6.45, 7) is 1.90. The average Bonchev–Trinajstić information content (AvgIpc) is 3.12. The van der Waals surface area contributed by atoms with Crippen LogP contribution in [-0.4, -0.2) is 22.1 Å². The summed E-state index contributed by atoms with van der Waals surface area (Å²) in [6.07, 6.45) is 0. The van der Waals surface area contributed by atoms with E-state index in [0.717, 1.165) is 5.56 Å². The van der Waals surface area contributed by atoms with Crippen molar-refractivity contribution in [3.05, 3.63) is 76.5 Å². The third kappa shape index (κ3) is 4.57. The minimum atomic E-state index is -1.16. The minimum Gasteiger partial charge on any atom is -0.475 e. The summed E-state index contributed by atoms with van der Waals surface area (Å²) in [4.78, 5) is 23.2. The van der Waals surface area contributed by atoms with E-state index in [4.69, 9.17) is 33.3 Å². The van der Waals surface area contributed by atoms with Crippen LogP contribution in [0.3, 0.4) is 0 Å². The predicted octanol–water partition coefficient (Wildman–Crippen LogP) is 4.73. The maximum absolute atomic E-state index is 12.2. The van der Waals surface area contributed by atoms with Crippen molar-refractivity contribution in [3.8, 4) is 11.3 Å². The lowest BCUT2D eigenvalue weighted by molar-refractivity contribution is 0.0663. The molecule has 0 atom stereocenters. The van der Waals surface area contributed by atoms with Crippen LogP contribution < -0.4 is 10.6 Å². The molecule has 1 heterocycles. The van der Waals surface area contributed by atoms with E-state index in [9.17, 15) is 9.59 Å². The van der Waals surface area contributed by atoms with Crippen LogP contribution in [0.25, 0.3) is 11.3 Å². The summed E-state index contributed by atoms with van der Waals surface area (Å²) in [5.74, 6) is -1.31. The van der Waals surface area contributed by atoms with Crippen LogP contribution in [0.5, 0.6) is 0 Å². The Morgan fingerprint density at radius 1 is 1.11 bits per heavy atom. The van der Waals surface area contributed by atoms with Gasteiger partial charge in [0.05, 0.1) is 5.02 Å². The van der Waals surface area contributed by atoms with Gasteiger partial charge in [-0.25, -0.2) is 4.79 Å². The summed E-state index contributed by atoms with van der Waals surface area (Å²) >= 11 is 11.5.